The molecule has 0 spiro atoms. The average Bonchev–Trinajstić information content (AvgIpc) is 2.93. The second-order valence-corrected chi connectivity index (χ2v) is 6.30. The first-order valence-corrected chi connectivity index (χ1v) is 8.15. The Morgan fingerprint density at radius 1 is 1.30 bits per heavy atom. The lowest BCUT2D eigenvalue weighted by Gasteiger charge is -2.19. The van der Waals surface area contributed by atoms with Crippen molar-refractivity contribution < 1.29 is 4.79 Å². The van der Waals surface area contributed by atoms with Crippen molar-refractivity contribution in [1.82, 2.24) is 4.90 Å². The molecule has 1 aromatic carbocycles. The third kappa shape index (κ3) is 4.44. The van der Waals surface area contributed by atoms with Crippen LogP contribution in [0.4, 0.5) is 5.69 Å². The van der Waals surface area contributed by atoms with Gasteiger partial charge in [-0.25, -0.2) is 0 Å². The number of amides is 1. The first-order chi connectivity index (χ1) is 9.69. The van der Waals surface area contributed by atoms with Crippen LogP contribution in [0.15, 0.2) is 46.3 Å². The van der Waals surface area contributed by atoms with Crippen LogP contribution in [0.25, 0.3) is 0 Å². The Kier molecular flexibility index (Phi) is 5.76. The highest BCUT2D eigenvalue weighted by Crippen LogP contribution is 2.21. The van der Waals surface area contributed by atoms with E-state index in [-0.39, 0.29) is 5.91 Å². The molecule has 0 atom stereocenters. The Labute approximate surface area is 131 Å². The molecule has 0 aliphatic carbocycles. The zero-order valence-corrected chi connectivity index (χ0v) is 13.7. The van der Waals surface area contributed by atoms with Gasteiger partial charge in [0, 0.05) is 15.9 Å². The van der Waals surface area contributed by atoms with Crippen molar-refractivity contribution in [2.75, 3.05) is 18.4 Å². The summed E-state index contributed by atoms with van der Waals surface area (Å²) in [5.74, 6) is 0.00954. The zero-order chi connectivity index (χ0) is 14.4. The predicted octanol–water partition coefficient (Wildman–Crippen LogP) is 3.97. The zero-order valence-electron chi connectivity index (χ0n) is 11.3. The van der Waals surface area contributed by atoms with Crippen molar-refractivity contribution in [3.63, 3.8) is 0 Å². The number of carbonyl (C=O) groups excluding carboxylic acids is 1. The second kappa shape index (κ2) is 7.57. The van der Waals surface area contributed by atoms with Gasteiger partial charge >= 0.3 is 0 Å². The number of nitrogens with zero attached hydrogens (tertiary/aromatic N) is 1. The van der Waals surface area contributed by atoms with Crippen molar-refractivity contribution >= 4 is 38.9 Å². The lowest BCUT2D eigenvalue weighted by molar-refractivity contribution is -0.117. The first-order valence-electron chi connectivity index (χ1n) is 6.48. The second-order valence-electron chi connectivity index (χ2n) is 4.41. The van der Waals surface area contributed by atoms with Crippen LogP contribution in [0.3, 0.4) is 0 Å². The number of para-hydroxylation sites is 1. The number of anilines is 1. The summed E-state index contributed by atoms with van der Waals surface area (Å²) >= 11 is 5.15. The van der Waals surface area contributed by atoms with Crippen LogP contribution in [0.1, 0.15) is 11.8 Å². The number of carbonyl (C=O) groups is 1. The molecular formula is C15H17BrN2OS. The van der Waals surface area contributed by atoms with Gasteiger partial charge in [-0.05, 0) is 46.1 Å². The molecule has 5 heteroatoms. The summed E-state index contributed by atoms with van der Waals surface area (Å²) in [6.45, 7) is 4.13. The Balaban J connectivity index is 1.91. The molecule has 0 unspecified atom stereocenters. The van der Waals surface area contributed by atoms with Gasteiger partial charge in [0.2, 0.25) is 5.91 Å². The molecule has 1 amide bonds. The van der Waals surface area contributed by atoms with Gasteiger partial charge in [0.1, 0.15) is 0 Å². The summed E-state index contributed by atoms with van der Waals surface area (Å²) in [4.78, 5) is 15.5. The van der Waals surface area contributed by atoms with Crippen LogP contribution in [0.5, 0.6) is 0 Å². The number of hydrogen-bond acceptors (Lipinski definition) is 3. The van der Waals surface area contributed by atoms with Crippen molar-refractivity contribution in [3.8, 4) is 0 Å². The molecule has 2 rings (SSSR count). The van der Waals surface area contributed by atoms with E-state index in [4.69, 9.17) is 0 Å². The molecule has 0 saturated carbocycles. The summed E-state index contributed by atoms with van der Waals surface area (Å²) < 4.78 is 0.898. The summed E-state index contributed by atoms with van der Waals surface area (Å²) in [5.41, 5.74) is 0.810. The number of nitrogens with one attached hydrogen (secondary N) is 1. The molecule has 1 heterocycles. The lowest BCUT2D eigenvalue weighted by atomic mass is 10.3. The summed E-state index contributed by atoms with van der Waals surface area (Å²) in [5, 5.41) is 4.99. The molecule has 0 fully saturated rings. The van der Waals surface area contributed by atoms with Crippen LogP contribution in [-0.2, 0) is 11.3 Å². The van der Waals surface area contributed by atoms with E-state index < -0.39 is 0 Å². The number of likely N-dealkylation sites (N-methyl/N-ethyl adjacent to an activating group) is 1. The maximum absolute atomic E-state index is 12.1. The van der Waals surface area contributed by atoms with E-state index in [0.717, 1.165) is 23.2 Å². The molecule has 0 saturated heterocycles. The highest BCUT2D eigenvalue weighted by atomic mass is 79.9. The molecule has 0 bridgehead atoms. The Hall–Kier alpha value is -1.17. The largest absolute Gasteiger partial charge is 0.324 e. The van der Waals surface area contributed by atoms with Gasteiger partial charge in [-0.3, -0.25) is 9.69 Å². The van der Waals surface area contributed by atoms with E-state index in [0.29, 0.717) is 6.54 Å². The molecule has 106 valence electrons. The maximum Gasteiger partial charge on any atom is 0.238 e. The summed E-state index contributed by atoms with van der Waals surface area (Å²) in [6, 6.07) is 11.8. The molecular weight excluding hydrogens is 336 g/mol. The maximum atomic E-state index is 12.1. The van der Waals surface area contributed by atoms with Gasteiger partial charge < -0.3 is 5.32 Å². The van der Waals surface area contributed by atoms with Gasteiger partial charge in [-0.2, -0.15) is 0 Å². The highest BCUT2D eigenvalue weighted by Gasteiger charge is 2.11. The minimum Gasteiger partial charge on any atom is -0.324 e. The van der Waals surface area contributed by atoms with Crippen LogP contribution in [0, 0.1) is 0 Å². The standard InChI is InChI=1S/C15H17BrN2OS/c1-2-18(10-12-6-5-9-20-12)11-15(19)17-14-8-4-3-7-13(14)16/h3-9H,2,10-11H2,1H3,(H,17,19). The van der Waals surface area contributed by atoms with E-state index in [1.807, 2.05) is 30.3 Å². The van der Waals surface area contributed by atoms with E-state index in [9.17, 15) is 4.79 Å². The normalized spacial score (nSPS) is 10.8. The fourth-order valence-corrected chi connectivity index (χ4v) is 2.99. The van der Waals surface area contributed by atoms with E-state index in [2.05, 4.69) is 44.5 Å². The molecule has 20 heavy (non-hydrogen) atoms. The SMILES string of the molecule is CCN(CC(=O)Nc1ccccc1Br)Cc1cccs1. The molecule has 0 aliphatic heterocycles. The van der Waals surface area contributed by atoms with Crippen LogP contribution >= 0.6 is 27.3 Å². The van der Waals surface area contributed by atoms with Crippen molar-refractivity contribution in [3.05, 3.63) is 51.1 Å². The monoisotopic (exact) mass is 352 g/mol. The molecule has 0 aliphatic rings. The fraction of sp³-hybridized carbons (Fsp3) is 0.267. The number of hydrogen-bond donors (Lipinski definition) is 1. The Bertz CT molecular complexity index is 557. The quantitative estimate of drug-likeness (QED) is 0.852. The molecule has 0 radical (unpaired) electrons. The van der Waals surface area contributed by atoms with Gasteiger partial charge in [0.25, 0.3) is 0 Å². The van der Waals surface area contributed by atoms with Crippen LogP contribution in [0.2, 0.25) is 0 Å². The number of rotatable bonds is 6. The minimum absolute atomic E-state index is 0.00954. The van der Waals surface area contributed by atoms with Gasteiger partial charge in [-0.1, -0.05) is 25.1 Å². The number of halogens is 1. The fourth-order valence-electron chi connectivity index (χ4n) is 1.86. The summed E-state index contributed by atoms with van der Waals surface area (Å²) in [7, 11) is 0. The predicted molar refractivity (Wildman–Crippen MR) is 88.0 cm³/mol. The van der Waals surface area contributed by atoms with Crippen LogP contribution < -0.4 is 5.32 Å². The first kappa shape index (κ1) is 15.2. The Morgan fingerprint density at radius 3 is 2.75 bits per heavy atom. The molecule has 1 N–H and O–H groups in total. The average molecular weight is 353 g/mol. The Morgan fingerprint density at radius 2 is 2.10 bits per heavy atom. The third-order valence-corrected chi connectivity index (χ3v) is 4.47. The molecule has 2 aromatic rings. The number of thiophene rings is 1. The van der Waals surface area contributed by atoms with Crippen LogP contribution in [-0.4, -0.2) is 23.9 Å². The number of benzene rings is 1. The lowest BCUT2D eigenvalue weighted by Crippen LogP contribution is -2.32. The van der Waals surface area contributed by atoms with Crippen molar-refractivity contribution in [2.24, 2.45) is 0 Å². The van der Waals surface area contributed by atoms with Gasteiger partial charge in [0.15, 0.2) is 0 Å². The summed E-state index contributed by atoms with van der Waals surface area (Å²) in [6.07, 6.45) is 0. The molecule has 3 nitrogen and oxygen atoms in total. The third-order valence-electron chi connectivity index (χ3n) is 2.92. The molecule has 1 aromatic heterocycles. The van der Waals surface area contributed by atoms with Crippen molar-refractivity contribution in [1.29, 1.82) is 0 Å². The van der Waals surface area contributed by atoms with Crippen molar-refractivity contribution in [2.45, 2.75) is 13.5 Å². The van der Waals surface area contributed by atoms with Gasteiger partial charge in [0.05, 0.1) is 12.2 Å². The van der Waals surface area contributed by atoms with E-state index in [1.165, 1.54) is 4.88 Å². The van der Waals surface area contributed by atoms with E-state index in [1.54, 1.807) is 11.3 Å². The van der Waals surface area contributed by atoms with Gasteiger partial charge in [-0.15, -0.1) is 11.3 Å². The topological polar surface area (TPSA) is 32.3 Å². The smallest absolute Gasteiger partial charge is 0.238 e. The van der Waals surface area contributed by atoms with E-state index >= 15 is 0 Å². The highest BCUT2D eigenvalue weighted by molar-refractivity contribution is 9.10. The minimum atomic E-state index is 0.00954.